The molecule has 0 N–H and O–H groups in total. The first-order chi connectivity index (χ1) is 13.7. The second-order valence-electron chi connectivity index (χ2n) is 6.78. The molecule has 0 bridgehead atoms. The molecule has 1 aliphatic rings. The van der Waals surface area contributed by atoms with Crippen LogP contribution in [0.2, 0.25) is 0 Å². The molecule has 0 unspecified atom stereocenters. The van der Waals surface area contributed by atoms with Gasteiger partial charge in [0, 0.05) is 30.0 Å². The first-order valence-electron chi connectivity index (χ1n) is 9.23. The van der Waals surface area contributed by atoms with Crippen molar-refractivity contribution in [2.75, 3.05) is 25.1 Å². The normalized spacial score (nSPS) is 14.7. The molecule has 1 saturated heterocycles. The highest BCUT2D eigenvalue weighted by Crippen LogP contribution is 2.37. The summed E-state index contributed by atoms with van der Waals surface area (Å²) in [4.78, 5) is 6.97. The number of ether oxygens (including phenoxy) is 1. The number of para-hydroxylation sites is 1. The summed E-state index contributed by atoms with van der Waals surface area (Å²) >= 11 is 1.68. The van der Waals surface area contributed by atoms with Gasteiger partial charge >= 0.3 is 0 Å². The number of piperidine rings is 1. The van der Waals surface area contributed by atoms with Crippen LogP contribution in [0.25, 0.3) is 11.3 Å². The molecule has 3 aromatic rings. The second kappa shape index (κ2) is 7.99. The molecule has 0 aliphatic carbocycles. The van der Waals surface area contributed by atoms with Crippen molar-refractivity contribution in [1.29, 1.82) is 5.26 Å². The van der Waals surface area contributed by atoms with Gasteiger partial charge in [0.05, 0.1) is 23.5 Å². The van der Waals surface area contributed by atoms with Crippen LogP contribution in [0.3, 0.4) is 0 Å². The van der Waals surface area contributed by atoms with E-state index in [0.717, 1.165) is 47.9 Å². The Morgan fingerprint density at radius 2 is 1.96 bits per heavy atom. The maximum atomic E-state index is 13.9. The molecule has 1 aromatic heterocycles. The molecule has 1 aliphatic heterocycles. The fourth-order valence-electron chi connectivity index (χ4n) is 3.71. The summed E-state index contributed by atoms with van der Waals surface area (Å²) in [5.74, 6) is 0.747. The van der Waals surface area contributed by atoms with Gasteiger partial charge in [0.15, 0.2) is 0 Å². The van der Waals surface area contributed by atoms with Crippen LogP contribution in [-0.2, 0) is 0 Å². The van der Waals surface area contributed by atoms with Gasteiger partial charge in [-0.15, -0.1) is 11.3 Å². The third-order valence-corrected chi connectivity index (χ3v) is 6.20. The summed E-state index contributed by atoms with van der Waals surface area (Å²) in [5.41, 5.74) is 2.77. The highest BCUT2D eigenvalue weighted by molar-refractivity contribution is 7.10. The summed E-state index contributed by atoms with van der Waals surface area (Å²) < 4.78 is 19.4. The highest BCUT2D eigenvalue weighted by Gasteiger charge is 2.25. The van der Waals surface area contributed by atoms with E-state index in [0.29, 0.717) is 11.6 Å². The van der Waals surface area contributed by atoms with Gasteiger partial charge in [0.1, 0.15) is 23.2 Å². The molecule has 28 heavy (non-hydrogen) atoms. The quantitative estimate of drug-likeness (QED) is 0.610. The summed E-state index contributed by atoms with van der Waals surface area (Å²) in [6, 6.07) is 14.7. The van der Waals surface area contributed by atoms with Gasteiger partial charge in [0.25, 0.3) is 0 Å². The van der Waals surface area contributed by atoms with Crippen LogP contribution in [-0.4, -0.2) is 25.2 Å². The standard InChI is InChI=1S/C22H20FN3OS/c1-27-21-8-3-2-5-16(21)19-14-28-22(25-19)15-9-11-26(12-10-15)20-7-4-6-18(23)17(20)13-24/h2-8,14-15H,9-12H2,1H3. The fraction of sp³-hybridized carbons (Fsp3) is 0.273. The van der Waals surface area contributed by atoms with E-state index in [1.54, 1.807) is 24.5 Å². The number of hydrogen-bond donors (Lipinski definition) is 0. The van der Waals surface area contributed by atoms with Crippen LogP contribution in [0.5, 0.6) is 5.75 Å². The third-order valence-electron chi connectivity index (χ3n) is 5.19. The Bertz CT molecular complexity index is 1020. The van der Waals surface area contributed by atoms with Crippen LogP contribution in [0.1, 0.15) is 29.3 Å². The number of nitriles is 1. The predicted octanol–water partition coefficient (Wildman–Crippen LogP) is 5.21. The number of methoxy groups -OCH3 is 1. The van der Waals surface area contributed by atoms with Gasteiger partial charge in [0.2, 0.25) is 0 Å². The third kappa shape index (κ3) is 3.46. The minimum absolute atomic E-state index is 0.133. The van der Waals surface area contributed by atoms with E-state index >= 15 is 0 Å². The first kappa shape index (κ1) is 18.5. The van der Waals surface area contributed by atoms with Gasteiger partial charge in [-0.2, -0.15) is 5.26 Å². The molecule has 0 atom stereocenters. The molecule has 4 nitrogen and oxygen atoms in total. The van der Waals surface area contributed by atoms with Crippen LogP contribution in [0, 0.1) is 17.1 Å². The average molecular weight is 393 g/mol. The number of thiazole rings is 1. The van der Waals surface area contributed by atoms with Crippen molar-refractivity contribution in [3.63, 3.8) is 0 Å². The Kier molecular flexibility index (Phi) is 5.27. The Morgan fingerprint density at radius 3 is 2.71 bits per heavy atom. The molecular weight excluding hydrogens is 373 g/mol. The van der Waals surface area contributed by atoms with E-state index in [1.807, 2.05) is 36.4 Å². The largest absolute Gasteiger partial charge is 0.496 e. The number of anilines is 1. The number of aromatic nitrogens is 1. The van der Waals surface area contributed by atoms with Gasteiger partial charge in [-0.25, -0.2) is 9.37 Å². The lowest BCUT2D eigenvalue weighted by Gasteiger charge is -2.33. The number of hydrogen-bond acceptors (Lipinski definition) is 5. The molecule has 6 heteroatoms. The summed E-state index contributed by atoms with van der Waals surface area (Å²) in [7, 11) is 1.67. The average Bonchev–Trinajstić information content (AvgIpc) is 3.23. The molecule has 142 valence electrons. The number of rotatable bonds is 4. The Balaban J connectivity index is 1.49. The zero-order chi connectivity index (χ0) is 19.5. The lowest BCUT2D eigenvalue weighted by atomic mass is 9.96. The van der Waals surface area contributed by atoms with Crippen molar-refractivity contribution in [2.24, 2.45) is 0 Å². The number of benzene rings is 2. The van der Waals surface area contributed by atoms with Crippen LogP contribution >= 0.6 is 11.3 Å². The van der Waals surface area contributed by atoms with E-state index in [4.69, 9.17) is 9.72 Å². The zero-order valence-corrected chi connectivity index (χ0v) is 16.4. The zero-order valence-electron chi connectivity index (χ0n) is 15.6. The summed E-state index contributed by atoms with van der Waals surface area (Å²) in [6.45, 7) is 1.57. The molecule has 0 amide bonds. The van der Waals surface area contributed by atoms with E-state index in [2.05, 4.69) is 10.3 Å². The van der Waals surface area contributed by atoms with Crippen molar-refractivity contribution in [3.8, 4) is 23.1 Å². The smallest absolute Gasteiger partial charge is 0.143 e. The maximum absolute atomic E-state index is 13.9. The van der Waals surface area contributed by atoms with Crippen LogP contribution in [0.15, 0.2) is 47.8 Å². The van der Waals surface area contributed by atoms with Crippen molar-refractivity contribution in [3.05, 3.63) is 64.2 Å². The Morgan fingerprint density at radius 1 is 1.18 bits per heavy atom. The molecule has 4 rings (SSSR count). The lowest BCUT2D eigenvalue weighted by molar-refractivity contribution is 0.416. The Labute approximate surface area is 167 Å². The first-order valence-corrected chi connectivity index (χ1v) is 10.1. The fourth-order valence-corrected chi connectivity index (χ4v) is 4.70. The predicted molar refractivity (Wildman–Crippen MR) is 109 cm³/mol. The van der Waals surface area contributed by atoms with Crippen LogP contribution < -0.4 is 9.64 Å². The molecule has 2 heterocycles. The van der Waals surface area contributed by atoms with Crippen molar-refractivity contribution in [1.82, 2.24) is 4.98 Å². The summed E-state index contributed by atoms with van der Waals surface area (Å²) in [5, 5.41) is 12.5. The minimum Gasteiger partial charge on any atom is -0.496 e. The lowest BCUT2D eigenvalue weighted by Crippen LogP contribution is -2.33. The van der Waals surface area contributed by atoms with Crippen molar-refractivity contribution in [2.45, 2.75) is 18.8 Å². The van der Waals surface area contributed by atoms with Crippen LogP contribution in [0.4, 0.5) is 10.1 Å². The maximum Gasteiger partial charge on any atom is 0.143 e. The van der Waals surface area contributed by atoms with E-state index in [1.165, 1.54) is 6.07 Å². The minimum atomic E-state index is -0.455. The van der Waals surface area contributed by atoms with Crippen molar-refractivity contribution >= 4 is 17.0 Å². The van der Waals surface area contributed by atoms with Crippen molar-refractivity contribution < 1.29 is 9.13 Å². The van der Waals surface area contributed by atoms with E-state index in [9.17, 15) is 9.65 Å². The second-order valence-corrected chi connectivity index (χ2v) is 7.67. The topological polar surface area (TPSA) is 49.1 Å². The van der Waals surface area contributed by atoms with Gasteiger partial charge in [-0.05, 0) is 37.1 Å². The van der Waals surface area contributed by atoms with Gasteiger partial charge in [-0.3, -0.25) is 0 Å². The Hall–Kier alpha value is -2.91. The molecule has 0 saturated carbocycles. The molecule has 1 fully saturated rings. The molecule has 0 radical (unpaired) electrons. The SMILES string of the molecule is COc1ccccc1-c1csc(C2CCN(c3cccc(F)c3C#N)CC2)n1. The van der Waals surface area contributed by atoms with E-state index < -0.39 is 5.82 Å². The number of halogens is 1. The summed E-state index contributed by atoms with van der Waals surface area (Å²) in [6.07, 6.45) is 1.86. The highest BCUT2D eigenvalue weighted by atomic mass is 32.1. The molecule has 2 aromatic carbocycles. The van der Waals surface area contributed by atoms with Gasteiger partial charge < -0.3 is 9.64 Å². The monoisotopic (exact) mass is 393 g/mol. The molecular formula is C22H20FN3OS. The molecule has 0 spiro atoms. The number of nitrogens with zero attached hydrogens (tertiary/aromatic N) is 3. The van der Waals surface area contributed by atoms with E-state index in [-0.39, 0.29) is 5.56 Å². The van der Waals surface area contributed by atoms with Gasteiger partial charge in [-0.1, -0.05) is 18.2 Å².